The van der Waals surface area contributed by atoms with Gasteiger partial charge in [-0.3, -0.25) is 25.5 Å². The van der Waals surface area contributed by atoms with E-state index in [1.54, 1.807) is 13.3 Å². The maximum Gasteiger partial charge on any atom is 0.150 e. The van der Waals surface area contributed by atoms with E-state index in [4.69, 9.17) is 4.74 Å². The quantitative estimate of drug-likeness (QED) is 0.755. The minimum Gasteiger partial charge on any atom is -0.361 e. The van der Waals surface area contributed by atoms with Crippen LogP contribution in [0.4, 0.5) is 0 Å². The molecule has 128 valence electrons. The molecule has 0 saturated carbocycles. The van der Waals surface area contributed by atoms with Crippen LogP contribution in [0.5, 0.6) is 0 Å². The van der Waals surface area contributed by atoms with Gasteiger partial charge >= 0.3 is 0 Å². The fourth-order valence-electron chi connectivity index (χ4n) is 3.03. The van der Waals surface area contributed by atoms with Gasteiger partial charge in [-0.05, 0) is 37.2 Å². The van der Waals surface area contributed by atoms with Crippen LogP contribution in [-0.4, -0.2) is 48.2 Å². The fraction of sp³-hybridized carbons (Fsp3) is 0.444. The van der Waals surface area contributed by atoms with Crippen LogP contribution in [0.2, 0.25) is 0 Å². The average Bonchev–Trinajstić information content (AvgIpc) is 2.67. The number of nitrogens with zero attached hydrogens (tertiary/aromatic N) is 3. The minimum atomic E-state index is -0.183. The molecule has 3 rings (SSSR count). The Balaban J connectivity index is 1.56. The number of ether oxygens (including phenoxy) is 1. The van der Waals surface area contributed by atoms with Gasteiger partial charge in [0, 0.05) is 39.1 Å². The number of hydrogen-bond donors (Lipinski definition) is 2. The Morgan fingerprint density at radius 2 is 2.08 bits per heavy atom. The van der Waals surface area contributed by atoms with Gasteiger partial charge in [0.2, 0.25) is 0 Å². The predicted octanol–water partition coefficient (Wildman–Crippen LogP) is 1.71. The molecule has 0 bridgehead atoms. The van der Waals surface area contributed by atoms with Crippen molar-refractivity contribution < 1.29 is 4.74 Å². The second-order valence-electron chi connectivity index (χ2n) is 5.83. The zero-order valence-electron chi connectivity index (χ0n) is 14.1. The summed E-state index contributed by atoms with van der Waals surface area (Å²) >= 11 is 0. The van der Waals surface area contributed by atoms with Gasteiger partial charge < -0.3 is 4.74 Å². The summed E-state index contributed by atoms with van der Waals surface area (Å²) in [6.07, 6.45) is 4.78. The van der Waals surface area contributed by atoms with E-state index in [9.17, 15) is 0 Å². The van der Waals surface area contributed by atoms with Gasteiger partial charge in [-0.1, -0.05) is 12.1 Å². The third-order valence-corrected chi connectivity index (χ3v) is 4.21. The largest absolute Gasteiger partial charge is 0.361 e. The summed E-state index contributed by atoms with van der Waals surface area (Å²) in [4.78, 5) is 11.3. The zero-order chi connectivity index (χ0) is 16.6. The number of nitrogens with one attached hydrogen (secondary N) is 2. The lowest BCUT2D eigenvalue weighted by molar-refractivity contribution is 0.0608. The first-order valence-corrected chi connectivity index (χ1v) is 8.44. The molecule has 6 nitrogen and oxygen atoms in total. The second kappa shape index (κ2) is 8.84. The van der Waals surface area contributed by atoms with E-state index in [1.807, 2.05) is 36.5 Å². The van der Waals surface area contributed by atoms with E-state index < -0.39 is 0 Å². The van der Waals surface area contributed by atoms with E-state index in [-0.39, 0.29) is 12.4 Å². The van der Waals surface area contributed by atoms with Crippen molar-refractivity contribution in [3.63, 3.8) is 0 Å². The zero-order valence-corrected chi connectivity index (χ0v) is 14.1. The molecule has 2 aromatic rings. The Morgan fingerprint density at radius 3 is 2.79 bits per heavy atom. The molecule has 0 aromatic carbocycles. The Hall–Kier alpha value is -1.86. The van der Waals surface area contributed by atoms with Crippen molar-refractivity contribution in [2.75, 3.05) is 33.3 Å². The topological polar surface area (TPSA) is 62.3 Å². The molecular weight excluding hydrogens is 302 g/mol. The van der Waals surface area contributed by atoms with Gasteiger partial charge in [0.25, 0.3) is 0 Å². The van der Waals surface area contributed by atoms with Crippen LogP contribution < -0.4 is 10.6 Å². The van der Waals surface area contributed by atoms with Crippen molar-refractivity contribution in [1.29, 1.82) is 0 Å². The van der Waals surface area contributed by atoms with Crippen molar-refractivity contribution in [2.45, 2.75) is 18.8 Å². The van der Waals surface area contributed by atoms with Crippen molar-refractivity contribution in [1.82, 2.24) is 25.5 Å². The highest BCUT2D eigenvalue weighted by Crippen LogP contribution is 2.19. The van der Waals surface area contributed by atoms with Crippen molar-refractivity contribution in [2.24, 2.45) is 0 Å². The summed E-state index contributed by atoms with van der Waals surface area (Å²) in [6.45, 7) is 3.83. The van der Waals surface area contributed by atoms with Crippen LogP contribution in [0.25, 0.3) is 0 Å². The summed E-state index contributed by atoms with van der Waals surface area (Å²) in [6, 6.07) is 11.9. The van der Waals surface area contributed by atoms with Crippen LogP contribution in [0, 0.1) is 0 Å². The van der Waals surface area contributed by atoms with Crippen LogP contribution in [0.15, 0.2) is 48.8 Å². The normalized spacial score (nSPS) is 20.0. The molecule has 1 aliphatic heterocycles. The Kier molecular flexibility index (Phi) is 6.26. The molecule has 3 heterocycles. The van der Waals surface area contributed by atoms with Crippen molar-refractivity contribution in [3.05, 3.63) is 60.2 Å². The second-order valence-corrected chi connectivity index (χ2v) is 5.83. The Bertz CT molecular complexity index is 595. The average molecular weight is 327 g/mol. The highest BCUT2D eigenvalue weighted by molar-refractivity contribution is 5.09. The first-order valence-electron chi connectivity index (χ1n) is 8.44. The summed E-state index contributed by atoms with van der Waals surface area (Å²) < 4.78 is 5.52. The van der Waals surface area contributed by atoms with Crippen molar-refractivity contribution >= 4 is 0 Å². The Labute approximate surface area is 143 Å². The lowest BCUT2D eigenvalue weighted by atomic mass is 10.2. The maximum atomic E-state index is 5.52. The smallest absolute Gasteiger partial charge is 0.150 e. The van der Waals surface area contributed by atoms with E-state index >= 15 is 0 Å². The standard InChI is InChI=1S/C18H25N5O/c1-24-18(16-8-3-5-10-20-16)22-12-14-23-13-6-11-21-17(23)15-7-2-4-9-19-15/h2-5,7-10,17-18,21-22H,6,11-14H2,1H3/t17-,18+/m0/s1. The monoisotopic (exact) mass is 327 g/mol. The van der Waals surface area contributed by atoms with Crippen LogP contribution in [0.1, 0.15) is 30.2 Å². The first-order chi connectivity index (χ1) is 11.9. The third-order valence-electron chi connectivity index (χ3n) is 4.21. The van der Waals surface area contributed by atoms with E-state index in [0.717, 1.165) is 44.0 Å². The van der Waals surface area contributed by atoms with E-state index in [1.165, 1.54) is 0 Å². The molecule has 2 N–H and O–H groups in total. The molecule has 2 atom stereocenters. The molecule has 1 saturated heterocycles. The number of rotatable bonds is 7. The molecule has 0 aliphatic carbocycles. The third kappa shape index (κ3) is 4.36. The number of methoxy groups -OCH3 is 1. The van der Waals surface area contributed by atoms with Gasteiger partial charge in [0.15, 0.2) is 6.23 Å². The number of aromatic nitrogens is 2. The highest BCUT2D eigenvalue weighted by Gasteiger charge is 2.24. The van der Waals surface area contributed by atoms with Gasteiger partial charge in [0.1, 0.15) is 6.17 Å². The first kappa shape index (κ1) is 17.0. The minimum absolute atomic E-state index is 0.178. The Morgan fingerprint density at radius 1 is 1.25 bits per heavy atom. The molecule has 1 aliphatic rings. The molecule has 6 heteroatoms. The molecule has 1 fully saturated rings. The lowest BCUT2D eigenvalue weighted by Crippen LogP contribution is -2.47. The lowest BCUT2D eigenvalue weighted by Gasteiger charge is -2.36. The van der Waals surface area contributed by atoms with Gasteiger partial charge in [-0.25, -0.2) is 0 Å². The summed E-state index contributed by atoms with van der Waals surface area (Å²) in [5, 5.41) is 6.99. The molecule has 24 heavy (non-hydrogen) atoms. The maximum absolute atomic E-state index is 5.52. The van der Waals surface area contributed by atoms with Gasteiger partial charge in [0.05, 0.1) is 11.4 Å². The number of hydrogen-bond acceptors (Lipinski definition) is 6. The molecule has 0 spiro atoms. The van der Waals surface area contributed by atoms with Gasteiger partial charge in [-0.2, -0.15) is 0 Å². The molecule has 0 radical (unpaired) electrons. The summed E-state index contributed by atoms with van der Waals surface area (Å²) in [5.74, 6) is 0. The van der Waals surface area contributed by atoms with E-state index in [2.05, 4.69) is 31.6 Å². The summed E-state index contributed by atoms with van der Waals surface area (Å²) in [7, 11) is 1.70. The molecule has 0 unspecified atom stereocenters. The van der Waals surface area contributed by atoms with Crippen LogP contribution >= 0.6 is 0 Å². The highest BCUT2D eigenvalue weighted by atomic mass is 16.5. The van der Waals surface area contributed by atoms with E-state index in [0.29, 0.717) is 0 Å². The van der Waals surface area contributed by atoms with Gasteiger partial charge in [-0.15, -0.1) is 0 Å². The summed E-state index contributed by atoms with van der Waals surface area (Å²) in [5.41, 5.74) is 1.98. The van der Waals surface area contributed by atoms with Crippen LogP contribution in [0.3, 0.4) is 0 Å². The predicted molar refractivity (Wildman–Crippen MR) is 93.2 cm³/mol. The molecule has 0 amide bonds. The number of pyridine rings is 2. The van der Waals surface area contributed by atoms with Crippen molar-refractivity contribution in [3.8, 4) is 0 Å². The SMILES string of the molecule is CO[C@@H](NCCN1CCCN[C@@H]1c1ccccn1)c1ccccn1. The fourth-order valence-corrected chi connectivity index (χ4v) is 3.03. The molecule has 2 aromatic heterocycles. The van der Waals surface area contributed by atoms with Crippen LogP contribution in [-0.2, 0) is 4.74 Å². The molecular formula is C18H25N5O.